The largest absolute Gasteiger partial charge is 0.250 e. The third kappa shape index (κ3) is 2.68. The van der Waals surface area contributed by atoms with Crippen LogP contribution in [0, 0.1) is 23.2 Å². The van der Waals surface area contributed by atoms with Gasteiger partial charge in [0.05, 0.1) is 0 Å². The van der Waals surface area contributed by atoms with E-state index in [1.165, 1.54) is 49.9 Å². The summed E-state index contributed by atoms with van der Waals surface area (Å²) in [4.78, 5) is 0. The van der Waals surface area contributed by atoms with Gasteiger partial charge in [-0.25, -0.2) is 13.1 Å². The van der Waals surface area contributed by atoms with Crippen LogP contribution < -0.4 is 4.72 Å². The fraction of sp³-hybridized carbons (Fsp3) is 0.750. The molecule has 0 atom stereocenters. The highest BCUT2D eigenvalue weighted by Gasteiger charge is 2.50. The third-order valence-corrected chi connectivity index (χ3v) is 8.73. The predicted octanol–water partition coefficient (Wildman–Crippen LogP) is 3.63. The molecule has 0 unspecified atom stereocenters. The number of nitrogens with one attached hydrogen (secondary N) is 1. The van der Waals surface area contributed by atoms with E-state index in [9.17, 15) is 8.42 Å². The Morgan fingerprint density at radius 2 is 1.76 bits per heavy atom. The van der Waals surface area contributed by atoms with Gasteiger partial charge in [-0.15, -0.1) is 11.3 Å². The zero-order valence-corrected chi connectivity index (χ0v) is 13.9. The minimum Gasteiger partial charge on any atom is -0.210 e. The summed E-state index contributed by atoms with van der Waals surface area (Å²) in [6, 6.07) is 3.47. The molecule has 3 nitrogen and oxygen atoms in total. The lowest BCUT2D eigenvalue weighted by Crippen LogP contribution is -2.47. The summed E-state index contributed by atoms with van der Waals surface area (Å²) in [6.45, 7) is 0.604. The minimum absolute atomic E-state index is 0.438. The first-order valence-electron chi connectivity index (χ1n) is 8.08. The minimum atomic E-state index is -3.28. The maximum Gasteiger partial charge on any atom is 0.250 e. The standard InChI is InChI=1S/C16H23NO2S2/c18-21(19,15-2-1-5-20-15)17-4-3-16-9-12-6-13(10-16)8-14(7-12)11-16/h1-2,5,12-14,17H,3-4,6-11H2. The van der Waals surface area contributed by atoms with Crippen LogP contribution in [0.3, 0.4) is 0 Å². The number of hydrogen-bond acceptors (Lipinski definition) is 3. The lowest BCUT2D eigenvalue weighted by Gasteiger charge is -2.57. The van der Waals surface area contributed by atoms with Gasteiger partial charge in [0.2, 0.25) is 10.0 Å². The van der Waals surface area contributed by atoms with Gasteiger partial charge in [-0.3, -0.25) is 0 Å². The SMILES string of the molecule is O=S(=O)(NCCC12CC3CC(CC(C3)C1)C2)c1cccs1. The Kier molecular flexibility index (Phi) is 3.43. The first-order valence-corrected chi connectivity index (χ1v) is 10.4. The lowest BCUT2D eigenvalue weighted by atomic mass is 9.49. The molecule has 21 heavy (non-hydrogen) atoms. The zero-order valence-electron chi connectivity index (χ0n) is 12.3. The van der Waals surface area contributed by atoms with Gasteiger partial charge in [0.15, 0.2) is 0 Å². The van der Waals surface area contributed by atoms with Crippen molar-refractivity contribution in [3.05, 3.63) is 17.5 Å². The van der Waals surface area contributed by atoms with Crippen molar-refractivity contribution in [3.63, 3.8) is 0 Å². The molecule has 4 aliphatic rings. The molecule has 1 aromatic rings. The van der Waals surface area contributed by atoms with Crippen molar-refractivity contribution >= 4 is 21.4 Å². The van der Waals surface area contributed by atoms with Gasteiger partial charge in [-0.1, -0.05) is 6.07 Å². The molecule has 116 valence electrons. The van der Waals surface area contributed by atoms with Gasteiger partial charge in [-0.05, 0) is 79.6 Å². The van der Waals surface area contributed by atoms with Crippen molar-refractivity contribution in [2.75, 3.05) is 6.54 Å². The van der Waals surface area contributed by atoms with Crippen LogP contribution in [0.25, 0.3) is 0 Å². The maximum atomic E-state index is 12.2. The normalized spacial score (nSPS) is 38.0. The molecule has 0 spiro atoms. The average molecular weight is 325 g/mol. The molecule has 4 aliphatic carbocycles. The first-order chi connectivity index (χ1) is 10.0. The molecule has 4 fully saturated rings. The molecule has 0 aromatic carbocycles. The fourth-order valence-corrected chi connectivity index (χ4v) is 7.60. The Morgan fingerprint density at radius 1 is 1.14 bits per heavy atom. The van der Waals surface area contributed by atoms with E-state index in [0.717, 1.165) is 24.2 Å². The van der Waals surface area contributed by atoms with E-state index in [2.05, 4.69) is 4.72 Å². The summed E-state index contributed by atoms with van der Waals surface area (Å²) in [5.74, 6) is 2.81. The topological polar surface area (TPSA) is 46.2 Å². The Labute approximate surface area is 131 Å². The van der Waals surface area contributed by atoms with Crippen LogP contribution in [0.15, 0.2) is 21.7 Å². The summed E-state index contributed by atoms with van der Waals surface area (Å²) < 4.78 is 27.6. The average Bonchev–Trinajstić information content (AvgIpc) is 2.90. The van der Waals surface area contributed by atoms with Crippen molar-refractivity contribution < 1.29 is 8.42 Å². The molecule has 1 heterocycles. The van der Waals surface area contributed by atoms with Crippen LogP contribution in [0.2, 0.25) is 0 Å². The monoisotopic (exact) mass is 325 g/mol. The Hall–Kier alpha value is -0.390. The van der Waals surface area contributed by atoms with E-state index in [0.29, 0.717) is 16.2 Å². The maximum absolute atomic E-state index is 12.2. The van der Waals surface area contributed by atoms with Crippen LogP contribution in [0.4, 0.5) is 0 Å². The summed E-state index contributed by atoms with van der Waals surface area (Å²) in [5.41, 5.74) is 0.451. The van der Waals surface area contributed by atoms with Gasteiger partial charge in [0, 0.05) is 6.54 Å². The Bertz CT molecular complexity index is 571. The smallest absolute Gasteiger partial charge is 0.210 e. The van der Waals surface area contributed by atoms with Crippen LogP contribution in [0.5, 0.6) is 0 Å². The molecule has 5 heteroatoms. The summed E-state index contributed by atoms with van der Waals surface area (Å²) in [6.07, 6.45) is 9.40. The van der Waals surface area contributed by atoms with Crippen LogP contribution in [-0.2, 0) is 10.0 Å². The van der Waals surface area contributed by atoms with E-state index >= 15 is 0 Å². The van der Waals surface area contributed by atoms with Crippen LogP contribution in [-0.4, -0.2) is 15.0 Å². The molecule has 0 aliphatic heterocycles. The first kappa shape index (κ1) is 14.2. The molecule has 5 rings (SSSR count). The lowest BCUT2D eigenvalue weighted by molar-refractivity contribution is -0.0561. The number of thiophene rings is 1. The second-order valence-corrected chi connectivity index (χ2v) is 10.4. The van der Waals surface area contributed by atoms with E-state index in [-0.39, 0.29) is 0 Å². The van der Waals surface area contributed by atoms with Gasteiger partial charge >= 0.3 is 0 Å². The molecular formula is C16H23NO2S2. The quantitative estimate of drug-likeness (QED) is 0.898. The number of sulfonamides is 1. The second kappa shape index (κ2) is 5.07. The van der Waals surface area contributed by atoms with E-state index < -0.39 is 10.0 Å². The van der Waals surface area contributed by atoms with Crippen LogP contribution in [0.1, 0.15) is 44.9 Å². The zero-order chi connectivity index (χ0) is 14.5. The predicted molar refractivity (Wildman–Crippen MR) is 84.7 cm³/mol. The molecule has 4 bridgehead atoms. The third-order valence-electron chi connectivity index (χ3n) is 5.87. The second-order valence-electron chi connectivity index (χ2n) is 7.50. The summed E-state index contributed by atoms with van der Waals surface area (Å²) in [7, 11) is -3.28. The summed E-state index contributed by atoms with van der Waals surface area (Å²) in [5, 5.41) is 1.81. The highest BCUT2D eigenvalue weighted by Crippen LogP contribution is 2.61. The number of hydrogen-bond donors (Lipinski definition) is 1. The Balaban J connectivity index is 1.39. The number of rotatable bonds is 5. The van der Waals surface area contributed by atoms with E-state index in [4.69, 9.17) is 0 Å². The van der Waals surface area contributed by atoms with Crippen LogP contribution >= 0.6 is 11.3 Å². The molecule has 4 saturated carbocycles. The van der Waals surface area contributed by atoms with Gasteiger partial charge < -0.3 is 0 Å². The Morgan fingerprint density at radius 3 is 2.29 bits per heavy atom. The van der Waals surface area contributed by atoms with E-state index in [1.54, 1.807) is 12.1 Å². The van der Waals surface area contributed by atoms with Crippen molar-refractivity contribution in [3.8, 4) is 0 Å². The molecule has 1 aromatic heterocycles. The fourth-order valence-electron chi connectivity index (χ4n) is 5.53. The summed E-state index contributed by atoms with van der Waals surface area (Å²) >= 11 is 1.29. The highest BCUT2D eigenvalue weighted by molar-refractivity contribution is 7.91. The molecular weight excluding hydrogens is 302 g/mol. The highest BCUT2D eigenvalue weighted by atomic mass is 32.2. The van der Waals surface area contributed by atoms with Gasteiger partial charge in [0.1, 0.15) is 4.21 Å². The van der Waals surface area contributed by atoms with Crippen molar-refractivity contribution in [2.24, 2.45) is 23.2 Å². The van der Waals surface area contributed by atoms with Crippen molar-refractivity contribution in [2.45, 2.75) is 49.2 Å². The molecule has 0 saturated heterocycles. The van der Waals surface area contributed by atoms with Crippen molar-refractivity contribution in [1.29, 1.82) is 0 Å². The van der Waals surface area contributed by atoms with Gasteiger partial charge in [0.25, 0.3) is 0 Å². The molecule has 0 amide bonds. The van der Waals surface area contributed by atoms with Gasteiger partial charge in [-0.2, -0.15) is 0 Å². The van der Waals surface area contributed by atoms with E-state index in [1.807, 2.05) is 5.38 Å². The molecule has 0 radical (unpaired) electrons. The van der Waals surface area contributed by atoms with Crippen molar-refractivity contribution in [1.82, 2.24) is 4.72 Å². The molecule has 1 N–H and O–H groups in total.